The Hall–Kier alpha value is -0.620. The Labute approximate surface area is 95.2 Å². The van der Waals surface area contributed by atoms with E-state index in [0.29, 0.717) is 0 Å². The van der Waals surface area contributed by atoms with Crippen molar-refractivity contribution in [3.05, 3.63) is 33.4 Å². The summed E-state index contributed by atoms with van der Waals surface area (Å²) in [5, 5.41) is 9.12. The van der Waals surface area contributed by atoms with Crippen LogP contribution < -0.4 is 0 Å². The van der Waals surface area contributed by atoms with Crippen molar-refractivity contribution >= 4 is 28.6 Å². The van der Waals surface area contributed by atoms with E-state index in [9.17, 15) is 4.79 Å². The third kappa shape index (κ3) is 1.42. The van der Waals surface area contributed by atoms with E-state index < -0.39 is 11.4 Å². The average Bonchev–Trinajstić information content (AvgIpc) is 2.05. The van der Waals surface area contributed by atoms with Crippen LogP contribution in [0.1, 0.15) is 5.56 Å². The molecule has 0 spiro atoms. The molecule has 14 heavy (non-hydrogen) atoms. The van der Waals surface area contributed by atoms with Gasteiger partial charge >= 0.3 is 5.97 Å². The van der Waals surface area contributed by atoms with Crippen LogP contribution in [0.2, 0.25) is 0 Å². The van der Waals surface area contributed by atoms with Crippen LogP contribution in [0, 0.1) is 3.57 Å². The zero-order chi connectivity index (χ0) is 10.2. The molecule has 4 heteroatoms. The van der Waals surface area contributed by atoms with Gasteiger partial charge in [-0.3, -0.25) is 4.79 Å². The molecular weight excluding hydrogens is 295 g/mol. The van der Waals surface area contributed by atoms with Gasteiger partial charge in [-0.2, -0.15) is 0 Å². The summed E-state index contributed by atoms with van der Waals surface area (Å²) in [7, 11) is 0. The van der Waals surface area contributed by atoms with Crippen molar-refractivity contribution in [2.24, 2.45) is 0 Å². The number of halogens is 1. The highest BCUT2D eigenvalue weighted by atomic mass is 127. The van der Waals surface area contributed by atoms with Gasteiger partial charge in [-0.25, -0.2) is 0 Å². The Morgan fingerprint density at radius 1 is 1.36 bits per heavy atom. The Bertz CT molecular complexity index is 354. The predicted molar refractivity (Wildman–Crippen MR) is 59.3 cm³/mol. The molecule has 0 aromatic heterocycles. The van der Waals surface area contributed by atoms with Crippen molar-refractivity contribution < 1.29 is 14.6 Å². The van der Waals surface area contributed by atoms with Crippen LogP contribution in [0.4, 0.5) is 0 Å². The van der Waals surface area contributed by atoms with Crippen LogP contribution in [-0.2, 0) is 14.9 Å². The molecule has 0 radical (unpaired) electrons. The number of benzene rings is 1. The molecule has 0 saturated carbocycles. The lowest BCUT2D eigenvalue weighted by Crippen LogP contribution is -2.53. The van der Waals surface area contributed by atoms with E-state index in [-0.39, 0.29) is 13.2 Å². The molecule has 0 amide bonds. The standard InChI is InChI=1S/C10H9IO3/c11-8-3-1-7(2-4-8)10(9(12)13)5-14-6-10/h1-4H,5-6H2,(H,12,13). The smallest absolute Gasteiger partial charge is 0.318 e. The Morgan fingerprint density at radius 2 is 1.93 bits per heavy atom. The second-order valence-corrected chi connectivity index (χ2v) is 4.63. The normalized spacial score (nSPS) is 18.6. The van der Waals surface area contributed by atoms with E-state index in [1.165, 1.54) is 0 Å². The minimum Gasteiger partial charge on any atom is -0.480 e. The largest absolute Gasteiger partial charge is 0.480 e. The monoisotopic (exact) mass is 304 g/mol. The number of rotatable bonds is 2. The van der Waals surface area contributed by atoms with Gasteiger partial charge in [-0.15, -0.1) is 0 Å². The first kappa shape index (κ1) is 9.92. The summed E-state index contributed by atoms with van der Waals surface area (Å²) in [4.78, 5) is 11.1. The Morgan fingerprint density at radius 3 is 2.29 bits per heavy atom. The Kier molecular flexibility index (Phi) is 2.48. The molecule has 1 N–H and O–H groups in total. The topological polar surface area (TPSA) is 46.5 Å². The molecule has 3 nitrogen and oxygen atoms in total. The van der Waals surface area contributed by atoms with Gasteiger partial charge < -0.3 is 9.84 Å². The van der Waals surface area contributed by atoms with Crippen LogP contribution in [0.3, 0.4) is 0 Å². The number of hydrogen-bond donors (Lipinski definition) is 1. The first-order valence-electron chi connectivity index (χ1n) is 4.22. The predicted octanol–water partition coefficient (Wildman–Crippen LogP) is 1.64. The van der Waals surface area contributed by atoms with Crippen molar-refractivity contribution in [1.82, 2.24) is 0 Å². The lowest BCUT2D eigenvalue weighted by Gasteiger charge is -2.37. The fraction of sp³-hybridized carbons (Fsp3) is 0.300. The van der Waals surface area contributed by atoms with Crippen LogP contribution in [-0.4, -0.2) is 24.3 Å². The minimum absolute atomic E-state index is 0.281. The molecule has 1 aliphatic heterocycles. The summed E-state index contributed by atoms with van der Waals surface area (Å²) in [6, 6.07) is 7.55. The van der Waals surface area contributed by atoms with E-state index >= 15 is 0 Å². The minimum atomic E-state index is -0.801. The van der Waals surface area contributed by atoms with Gasteiger partial charge in [0.1, 0.15) is 5.41 Å². The van der Waals surface area contributed by atoms with Gasteiger partial charge in [0.2, 0.25) is 0 Å². The highest BCUT2D eigenvalue weighted by Crippen LogP contribution is 2.32. The van der Waals surface area contributed by atoms with E-state index in [1.54, 1.807) is 0 Å². The lowest BCUT2D eigenvalue weighted by atomic mass is 9.79. The van der Waals surface area contributed by atoms with Gasteiger partial charge in [-0.1, -0.05) is 12.1 Å². The molecule has 1 aromatic carbocycles. The SMILES string of the molecule is O=C(O)C1(c2ccc(I)cc2)COC1. The van der Waals surface area contributed by atoms with Gasteiger partial charge in [0.15, 0.2) is 0 Å². The van der Waals surface area contributed by atoms with Crippen LogP contribution in [0.15, 0.2) is 24.3 Å². The highest BCUT2D eigenvalue weighted by molar-refractivity contribution is 14.1. The quantitative estimate of drug-likeness (QED) is 0.845. The van der Waals surface area contributed by atoms with E-state index in [1.807, 2.05) is 24.3 Å². The molecule has 2 rings (SSSR count). The molecule has 1 aromatic rings. The maximum absolute atomic E-state index is 11.1. The van der Waals surface area contributed by atoms with Crippen molar-refractivity contribution in [2.45, 2.75) is 5.41 Å². The summed E-state index contributed by atoms with van der Waals surface area (Å²) in [5.41, 5.74) is 0.0290. The maximum Gasteiger partial charge on any atom is 0.318 e. The van der Waals surface area contributed by atoms with Gasteiger partial charge in [0, 0.05) is 3.57 Å². The van der Waals surface area contributed by atoms with Crippen molar-refractivity contribution in [1.29, 1.82) is 0 Å². The number of carbonyl (C=O) groups is 1. The summed E-state index contributed by atoms with van der Waals surface area (Å²) >= 11 is 2.19. The molecule has 0 aliphatic carbocycles. The van der Waals surface area contributed by atoms with E-state index in [2.05, 4.69) is 22.6 Å². The third-order valence-electron chi connectivity index (χ3n) is 2.50. The summed E-state index contributed by atoms with van der Waals surface area (Å²) < 4.78 is 6.11. The van der Waals surface area contributed by atoms with Gasteiger partial charge in [0.05, 0.1) is 13.2 Å². The number of aliphatic carboxylic acids is 1. The molecule has 0 unspecified atom stereocenters. The van der Waals surface area contributed by atoms with Crippen LogP contribution in [0.25, 0.3) is 0 Å². The van der Waals surface area contributed by atoms with E-state index in [0.717, 1.165) is 9.13 Å². The van der Waals surface area contributed by atoms with Gasteiger partial charge in [0.25, 0.3) is 0 Å². The highest BCUT2D eigenvalue weighted by Gasteiger charge is 2.47. The lowest BCUT2D eigenvalue weighted by molar-refractivity contribution is -0.163. The zero-order valence-corrected chi connectivity index (χ0v) is 9.52. The van der Waals surface area contributed by atoms with Crippen molar-refractivity contribution in [2.75, 3.05) is 13.2 Å². The van der Waals surface area contributed by atoms with Crippen LogP contribution >= 0.6 is 22.6 Å². The fourth-order valence-electron chi connectivity index (χ4n) is 1.49. The molecule has 0 atom stereocenters. The number of ether oxygens (including phenoxy) is 1. The molecule has 1 saturated heterocycles. The third-order valence-corrected chi connectivity index (χ3v) is 3.22. The number of carboxylic acid groups (broad SMARTS) is 1. The fourth-order valence-corrected chi connectivity index (χ4v) is 1.85. The Balaban J connectivity index is 2.37. The maximum atomic E-state index is 11.1. The summed E-state index contributed by atoms with van der Waals surface area (Å²) in [5.74, 6) is -0.801. The number of hydrogen-bond acceptors (Lipinski definition) is 2. The molecule has 1 aliphatic rings. The second kappa shape index (κ2) is 3.51. The molecule has 74 valence electrons. The molecule has 1 heterocycles. The number of carboxylic acids is 1. The van der Waals surface area contributed by atoms with Crippen LogP contribution in [0.5, 0.6) is 0 Å². The molecular formula is C10H9IO3. The second-order valence-electron chi connectivity index (χ2n) is 3.39. The van der Waals surface area contributed by atoms with E-state index in [4.69, 9.17) is 9.84 Å². The summed E-state index contributed by atoms with van der Waals surface area (Å²) in [6.45, 7) is 0.561. The zero-order valence-electron chi connectivity index (χ0n) is 7.37. The first-order valence-corrected chi connectivity index (χ1v) is 5.30. The first-order chi connectivity index (χ1) is 6.65. The average molecular weight is 304 g/mol. The van der Waals surface area contributed by atoms with Gasteiger partial charge in [-0.05, 0) is 40.3 Å². The van der Waals surface area contributed by atoms with Crippen molar-refractivity contribution in [3.63, 3.8) is 0 Å². The molecule has 1 fully saturated rings. The molecule has 0 bridgehead atoms. The summed E-state index contributed by atoms with van der Waals surface area (Å²) in [6.07, 6.45) is 0. The van der Waals surface area contributed by atoms with Crippen molar-refractivity contribution in [3.8, 4) is 0 Å².